The lowest BCUT2D eigenvalue weighted by molar-refractivity contribution is -0.132. The first kappa shape index (κ1) is 19.4. The Morgan fingerprint density at radius 3 is 2.16 bits per heavy atom. The second kappa shape index (κ2) is 8.30. The molecule has 6 nitrogen and oxygen atoms in total. The third-order valence-electron chi connectivity index (χ3n) is 6.25. The van der Waals surface area contributed by atoms with Crippen LogP contribution in [0.15, 0.2) is 60.9 Å². The van der Waals surface area contributed by atoms with Gasteiger partial charge in [-0.05, 0) is 30.5 Å². The lowest BCUT2D eigenvalue weighted by Gasteiger charge is -2.34. The van der Waals surface area contributed by atoms with E-state index >= 15 is 0 Å². The minimum absolute atomic E-state index is 0.0314. The second-order valence-corrected chi connectivity index (χ2v) is 8.13. The van der Waals surface area contributed by atoms with Crippen LogP contribution in [0.1, 0.15) is 28.8 Å². The van der Waals surface area contributed by atoms with Gasteiger partial charge in [0.2, 0.25) is 5.91 Å². The zero-order valence-electron chi connectivity index (χ0n) is 17.4. The number of carbonyl (C=O) groups is 2. The van der Waals surface area contributed by atoms with Gasteiger partial charge in [0.1, 0.15) is 0 Å². The lowest BCUT2D eigenvalue weighted by Crippen LogP contribution is -2.50. The fourth-order valence-electron chi connectivity index (χ4n) is 4.50. The van der Waals surface area contributed by atoms with E-state index in [1.54, 1.807) is 6.20 Å². The number of nitrogens with zero attached hydrogens (tertiary/aromatic N) is 2. The molecule has 0 spiro atoms. The maximum atomic E-state index is 13.0. The van der Waals surface area contributed by atoms with Crippen molar-refractivity contribution >= 4 is 33.6 Å². The summed E-state index contributed by atoms with van der Waals surface area (Å²) >= 11 is 0. The first-order valence-electron chi connectivity index (χ1n) is 10.9. The van der Waals surface area contributed by atoms with E-state index in [9.17, 15) is 9.59 Å². The molecular formula is C25H26N4O2. The molecule has 1 aliphatic heterocycles. The van der Waals surface area contributed by atoms with E-state index in [1.165, 1.54) is 10.9 Å². The molecule has 0 bridgehead atoms. The van der Waals surface area contributed by atoms with Crippen LogP contribution in [0.2, 0.25) is 0 Å². The van der Waals surface area contributed by atoms with E-state index in [0.29, 0.717) is 38.2 Å². The molecule has 158 valence electrons. The maximum absolute atomic E-state index is 13.0. The summed E-state index contributed by atoms with van der Waals surface area (Å²) in [4.78, 5) is 35.9. The van der Waals surface area contributed by atoms with Gasteiger partial charge in [0.25, 0.3) is 5.91 Å². The van der Waals surface area contributed by atoms with Crippen molar-refractivity contribution in [2.24, 2.45) is 0 Å². The first-order valence-corrected chi connectivity index (χ1v) is 10.9. The second-order valence-electron chi connectivity index (χ2n) is 8.13. The molecule has 31 heavy (non-hydrogen) atoms. The number of benzene rings is 2. The fraction of sp³-hybridized carbons (Fsp3) is 0.280. The number of nitrogens with one attached hydrogen (secondary N) is 2. The molecule has 4 aromatic rings. The van der Waals surface area contributed by atoms with Gasteiger partial charge in [-0.25, -0.2) is 0 Å². The summed E-state index contributed by atoms with van der Waals surface area (Å²) in [6, 6.07) is 16.1. The molecule has 0 unspecified atom stereocenters. The molecule has 1 fully saturated rings. The van der Waals surface area contributed by atoms with Crippen LogP contribution in [0.5, 0.6) is 0 Å². The van der Waals surface area contributed by atoms with E-state index in [0.717, 1.165) is 29.3 Å². The lowest BCUT2D eigenvalue weighted by atomic mass is 10.1. The maximum Gasteiger partial charge on any atom is 0.256 e. The molecule has 1 aliphatic rings. The van der Waals surface area contributed by atoms with E-state index in [-0.39, 0.29) is 11.8 Å². The molecule has 2 N–H and O–H groups in total. The molecule has 1 saturated heterocycles. The fourth-order valence-corrected chi connectivity index (χ4v) is 4.50. The zero-order valence-corrected chi connectivity index (χ0v) is 17.4. The Balaban J connectivity index is 1.13. The molecular weight excluding hydrogens is 388 g/mol. The molecule has 0 radical (unpaired) electrons. The Kier molecular flexibility index (Phi) is 5.20. The van der Waals surface area contributed by atoms with Crippen molar-refractivity contribution in [1.82, 2.24) is 19.8 Å². The summed E-state index contributed by atoms with van der Waals surface area (Å²) in [7, 11) is 0. The van der Waals surface area contributed by atoms with Gasteiger partial charge in [-0.2, -0.15) is 0 Å². The number of carbonyl (C=O) groups excluding carboxylic acids is 2. The highest BCUT2D eigenvalue weighted by molar-refractivity contribution is 6.06. The Hall–Kier alpha value is -3.54. The highest BCUT2D eigenvalue weighted by Gasteiger charge is 2.26. The number of aromatic amines is 2. The molecule has 2 amide bonds. The highest BCUT2D eigenvalue weighted by Crippen LogP contribution is 2.21. The van der Waals surface area contributed by atoms with Crippen molar-refractivity contribution in [1.29, 1.82) is 0 Å². The van der Waals surface area contributed by atoms with Crippen molar-refractivity contribution in [2.45, 2.75) is 19.3 Å². The standard InChI is InChI=1S/C25H26N4O2/c30-24(11-5-6-18-16-26-22-9-3-1-7-19(18)22)28-12-14-29(15-13-28)25(31)21-17-27-23-10-4-2-8-20(21)23/h1-4,7-10,16-17,26-27H,5-6,11-15H2. The Morgan fingerprint density at radius 2 is 1.39 bits per heavy atom. The van der Waals surface area contributed by atoms with Crippen LogP contribution in [0, 0.1) is 0 Å². The summed E-state index contributed by atoms with van der Waals surface area (Å²) in [5, 5.41) is 2.18. The number of piperazine rings is 1. The largest absolute Gasteiger partial charge is 0.361 e. The molecule has 0 atom stereocenters. The van der Waals surface area contributed by atoms with Crippen LogP contribution < -0.4 is 0 Å². The van der Waals surface area contributed by atoms with Crippen LogP contribution in [-0.2, 0) is 11.2 Å². The highest BCUT2D eigenvalue weighted by atomic mass is 16.2. The number of hydrogen-bond donors (Lipinski definition) is 2. The zero-order chi connectivity index (χ0) is 21.2. The first-order chi connectivity index (χ1) is 15.2. The molecule has 0 aliphatic carbocycles. The van der Waals surface area contributed by atoms with Crippen molar-refractivity contribution in [3.8, 4) is 0 Å². The average molecular weight is 415 g/mol. The van der Waals surface area contributed by atoms with E-state index in [1.807, 2.05) is 52.4 Å². The SMILES string of the molecule is O=C(CCCc1c[nH]c2ccccc12)N1CCN(C(=O)c2c[nH]c3ccccc23)CC1. The van der Waals surface area contributed by atoms with Gasteiger partial charge in [-0.15, -0.1) is 0 Å². The number of para-hydroxylation sites is 2. The van der Waals surface area contributed by atoms with Crippen LogP contribution in [0.25, 0.3) is 21.8 Å². The van der Waals surface area contributed by atoms with Crippen molar-refractivity contribution in [2.75, 3.05) is 26.2 Å². The van der Waals surface area contributed by atoms with Gasteiger partial charge >= 0.3 is 0 Å². The van der Waals surface area contributed by atoms with E-state index < -0.39 is 0 Å². The number of amides is 2. The van der Waals surface area contributed by atoms with Gasteiger partial charge in [0, 0.05) is 66.8 Å². The third kappa shape index (κ3) is 3.81. The molecule has 2 aromatic carbocycles. The Labute approximate surface area is 180 Å². The topological polar surface area (TPSA) is 72.2 Å². The predicted octanol–water partition coefficient (Wildman–Crippen LogP) is 3.96. The van der Waals surface area contributed by atoms with E-state index in [4.69, 9.17) is 0 Å². The number of aromatic nitrogens is 2. The number of fused-ring (bicyclic) bond motifs is 2. The van der Waals surface area contributed by atoms with Crippen molar-refractivity contribution in [3.05, 3.63) is 72.1 Å². The smallest absolute Gasteiger partial charge is 0.256 e. The molecule has 0 saturated carbocycles. The van der Waals surface area contributed by atoms with Gasteiger partial charge < -0.3 is 19.8 Å². The molecule has 2 aromatic heterocycles. The summed E-state index contributed by atoms with van der Waals surface area (Å²) in [5.74, 6) is 0.211. The van der Waals surface area contributed by atoms with Crippen LogP contribution >= 0.6 is 0 Å². The summed E-state index contributed by atoms with van der Waals surface area (Å²) in [6.45, 7) is 2.35. The van der Waals surface area contributed by atoms with Crippen molar-refractivity contribution in [3.63, 3.8) is 0 Å². The molecule has 6 heteroatoms. The van der Waals surface area contributed by atoms with Gasteiger partial charge in [0.15, 0.2) is 0 Å². The average Bonchev–Trinajstić information content (AvgIpc) is 3.43. The summed E-state index contributed by atoms with van der Waals surface area (Å²) in [6.07, 6.45) is 6.08. The van der Waals surface area contributed by atoms with Crippen LogP contribution in [0.4, 0.5) is 0 Å². The van der Waals surface area contributed by atoms with Gasteiger partial charge in [-0.3, -0.25) is 9.59 Å². The van der Waals surface area contributed by atoms with Gasteiger partial charge in [0.05, 0.1) is 5.56 Å². The number of hydrogen-bond acceptors (Lipinski definition) is 2. The van der Waals surface area contributed by atoms with Crippen LogP contribution in [-0.4, -0.2) is 57.8 Å². The quantitative estimate of drug-likeness (QED) is 0.519. The minimum Gasteiger partial charge on any atom is -0.361 e. The van der Waals surface area contributed by atoms with E-state index in [2.05, 4.69) is 22.1 Å². The summed E-state index contributed by atoms with van der Waals surface area (Å²) < 4.78 is 0. The number of rotatable bonds is 5. The Bertz CT molecular complexity index is 1230. The Morgan fingerprint density at radius 1 is 0.774 bits per heavy atom. The minimum atomic E-state index is 0.0314. The van der Waals surface area contributed by atoms with Gasteiger partial charge in [-0.1, -0.05) is 36.4 Å². The molecule has 5 rings (SSSR count). The predicted molar refractivity (Wildman–Crippen MR) is 122 cm³/mol. The molecule has 3 heterocycles. The van der Waals surface area contributed by atoms with Crippen LogP contribution in [0.3, 0.4) is 0 Å². The summed E-state index contributed by atoms with van der Waals surface area (Å²) in [5.41, 5.74) is 4.07. The number of H-pyrrole nitrogens is 2. The number of aryl methyl sites for hydroxylation is 1. The normalized spacial score (nSPS) is 14.5. The van der Waals surface area contributed by atoms with Crippen molar-refractivity contribution < 1.29 is 9.59 Å². The third-order valence-corrected chi connectivity index (χ3v) is 6.25. The monoisotopic (exact) mass is 414 g/mol.